The summed E-state index contributed by atoms with van der Waals surface area (Å²) in [5.41, 5.74) is 11.2. The van der Waals surface area contributed by atoms with Crippen LogP contribution in [0.25, 0.3) is 28.0 Å². The third kappa shape index (κ3) is 3.86. The molecule has 0 spiro atoms. The Bertz CT molecular complexity index is 1110. The second-order valence-corrected chi connectivity index (χ2v) is 7.51. The van der Waals surface area contributed by atoms with Gasteiger partial charge in [0.25, 0.3) is 5.91 Å². The molecule has 0 fully saturated rings. The van der Waals surface area contributed by atoms with Crippen LogP contribution >= 0.6 is 0 Å². The average Bonchev–Trinajstić information content (AvgIpc) is 2.79. The van der Waals surface area contributed by atoms with Gasteiger partial charge in [0.1, 0.15) is 5.82 Å². The molecule has 0 radical (unpaired) electrons. The second-order valence-electron chi connectivity index (χ2n) is 7.51. The SMILES string of the molecule is CC(C)c1ncc(C(N)=O)c(-c2c(-c3ccccc3)ccnc2C2=CCOCC2)n1. The zero-order chi connectivity index (χ0) is 21.1. The van der Waals surface area contributed by atoms with Crippen molar-refractivity contribution in [2.45, 2.75) is 26.2 Å². The molecule has 4 rings (SSSR count). The lowest BCUT2D eigenvalue weighted by Crippen LogP contribution is -2.16. The molecule has 6 nitrogen and oxygen atoms in total. The molecule has 3 aromatic rings. The summed E-state index contributed by atoms with van der Waals surface area (Å²) in [5, 5.41) is 0. The standard InChI is InChI=1S/C24H24N4O2/c1-15(2)24-27-14-19(23(25)29)22(28-24)20-18(16-6-4-3-5-7-16)8-11-26-21(20)17-9-12-30-13-10-17/h3-9,11,14-15H,10,12-13H2,1-2H3,(H2,25,29). The van der Waals surface area contributed by atoms with Crippen LogP contribution in [0, 0.1) is 0 Å². The first-order valence-corrected chi connectivity index (χ1v) is 10.0. The fourth-order valence-electron chi connectivity index (χ4n) is 3.59. The number of amides is 1. The molecular formula is C24H24N4O2. The van der Waals surface area contributed by atoms with Gasteiger partial charge in [-0.25, -0.2) is 9.97 Å². The van der Waals surface area contributed by atoms with Gasteiger partial charge in [-0.15, -0.1) is 0 Å². The predicted octanol–water partition coefficient (Wildman–Crippen LogP) is 4.23. The summed E-state index contributed by atoms with van der Waals surface area (Å²) in [5.74, 6) is 0.202. The van der Waals surface area contributed by atoms with Crippen LogP contribution in [0.3, 0.4) is 0 Å². The fraction of sp³-hybridized carbons (Fsp3) is 0.250. The van der Waals surface area contributed by atoms with Crippen LogP contribution in [0.1, 0.15) is 48.1 Å². The Hall–Kier alpha value is -3.38. The number of rotatable bonds is 5. The Balaban J connectivity index is 2.06. The van der Waals surface area contributed by atoms with Crippen LogP contribution < -0.4 is 5.73 Å². The molecule has 2 aromatic heterocycles. The monoisotopic (exact) mass is 400 g/mol. The number of nitrogens with two attached hydrogens (primary N) is 1. The van der Waals surface area contributed by atoms with Crippen molar-refractivity contribution in [3.8, 4) is 22.4 Å². The molecule has 0 aliphatic carbocycles. The molecular weight excluding hydrogens is 376 g/mol. The lowest BCUT2D eigenvalue weighted by Gasteiger charge is -2.20. The van der Waals surface area contributed by atoms with Gasteiger partial charge < -0.3 is 10.5 Å². The minimum absolute atomic E-state index is 0.105. The molecule has 1 aromatic carbocycles. The Kier molecular flexibility index (Phi) is 5.68. The maximum atomic E-state index is 12.3. The molecule has 1 aliphatic heterocycles. The van der Waals surface area contributed by atoms with Gasteiger partial charge in [-0.05, 0) is 29.2 Å². The summed E-state index contributed by atoms with van der Waals surface area (Å²) >= 11 is 0. The highest BCUT2D eigenvalue weighted by Crippen LogP contribution is 2.38. The number of primary amides is 1. The minimum atomic E-state index is -0.560. The number of pyridine rings is 1. The van der Waals surface area contributed by atoms with Crippen LogP contribution in [0.2, 0.25) is 0 Å². The van der Waals surface area contributed by atoms with E-state index in [0.29, 0.717) is 30.3 Å². The Morgan fingerprint density at radius 1 is 1.10 bits per heavy atom. The van der Waals surface area contributed by atoms with E-state index in [1.165, 1.54) is 6.20 Å². The molecule has 1 amide bonds. The zero-order valence-corrected chi connectivity index (χ0v) is 17.1. The Morgan fingerprint density at radius 2 is 1.90 bits per heavy atom. The third-order valence-electron chi connectivity index (χ3n) is 5.13. The van der Waals surface area contributed by atoms with Gasteiger partial charge in [-0.3, -0.25) is 9.78 Å². The van der Waals surface area contributed by atoms with Crippen LogP contribution in [-0.4, -0.2) is 34.1 Å². The van der Waals surface area contributed by atoms with Gasteiger partial charge in [0.15, 0.2) is 0 Å². The molecule has 0 saturated heterocycles. The van der Waals surface area contributed by atoms with E-state index in [1.54, 1.807) is 6.20 Å². The lowest BCUT2D eigenvalue weighted by molar-refractivity contribution is 0.1000. The van der Waals surface area contributed by atoms with Crippen LogP contribution in [0.15, 0.2) is 54.9 Å². The van der Waals surface area contributed by atoms with Crippen molar-refractivity contribution in [2.75, 3.05) is 13.2 Å². The first kappa shape index (κ1) is 19.9. The number of carbonyl (C=O) groups excluding carboxylic acids is 1. The molecule has 3 heterocycles. The maximum Gasteiger partial charge on any atom is 0.252 e. The third-order valence-corrected chi connectivity index (χ3v) is 5.13. The van der Waals surface area contributed by atoms with Gasteiger partial charge in [0, 0.05) is 23.9 Å². The topological polar surface area (TPSA) is 91.0 Å². The molecule has 152 valence electrons. The largest absolute Gasteiger partial charge is 0.377 e. The van der Waals surface area contributed by atoms with E-state index in [1.807, 2.05) is 56.3 Å². The number of hydrogen-bond donors (Lipinski definition) is 1. The van der Waals surface area contributed by atoms with E-state index in [4.69, 9.17) is 20.4 Å². The highest BCUT2D eigenvalue weighted by Gasteiger charge is 2.24. The van der Waals surface area contributed by atoms with Crippen molar-refractivity contribution in [3.63, 3.8) is 0 Å². The smallest absolute Gasteiger partial charge is 0.252 e. The Morgan fingerprint density at radius 3 is 2.57 bits per heavy atom. The van der Waals surface area contributed by atoms with E-state index in [2.05, 4.69) is 4.98 Å². The number of ether oxygens (including phenoxy) is 1. The zero-order valence-electron chi connectivity index (χ0n) is 17.1. The highest BCUT2D eigenvalue weighted by atomic mass is 16.5. The van der Waals surface area contributed by atoms with Crippen molar-refractivity contribution < 1.29 is 9.53 Å². The fourth-order valence-corrected chi connectivity index (χ4v) is 3.59. The van der Waals surface area contributed by atoms with E-state index in [9.17, 15) is 4.79 Å². The molecule has 0 unspecified atom stereocenters. The van der Waals surface area contributed by atoms with Crippen molar-refractivity contribution in [2.24, 2.45) is 5.73 Å². The maximum absolute atomic E-state index is 12.3. The van der Waals surface area contributed by atoms with E-state index in [0.717, 1.165) is 34.4 Å². The lowest BCUT2D eigenvalue weighted by atomic mass is 9.90. The van der Waals surface area contributed by atoms with Gasteiger partial charge in [-0.2, -0.15) is 0 Å². The minimum Gasteiger partial charge on any atom is -0.377 e. The first-order chi connectivity index (χ1) is 14.6. The first-order valence-electron chi connectivity index (χ1n) is 10.0. The summed E-state index contributed by atoms with van der Waals surface area (Å²) in [7, 11) is 0. The summed E-state index contributed by atoms with van der Waals surface area (Å²) in [6.07, 6.45) is 6.11. The van der Waals surface area contributed by atoms with Gasteiger partial charge in [0.05, 0.1) is 30.2 Å². The van der Waals surface area contributed by atoms with Gasteiger partial charge in [-0.1, -0.05) is 50.3 Å². The van der Waals surface area contributed by atoms with Gasteiger partial charge in [0.2, 0.25) is 0 Å². The molecule has 30 heavy (non-hydrogen) atoms. The van der Waals surface area contributed by atoms with Crippen LogP contribution in [0.5, 0.6) is 0 Å². The van der Waals surface area contributed by atoms with Crippen molar-refractivity contribution in [1.82, 2.24) is 15.0 Å². The van der Waals surface area contributed by atoms with E-state index in [-0.39, 0.29) is 5.92 Å². The molecule has 0 atom stereocenters. The number of carbonyl (C=O) groups is 1. The van der Waals surface area contributed by atoms with Crippen molar-refractivity contribution >= 4 is 11.5 Å². The quantitative estimate of drug-likeness (QED) is 0.692. The molecule has 6 heteroatoms. The average molecular weight is 400 g/mol. The van der Waals surface area contributed by atoms with Crippen LogP contribution in [-0.2, 0) is 4.74 Å². The number of aromatic nitrogens is 3. The number of benzene rings is 1. The predicted molar refractivity (Wildman–Crippen MR) is 117 cm³/mol. The number of nitrogens with zero attached hydrogens (tertiary/aromatic N) is 3. The summed E-state index contributed by atoms with van der Waals surface area (Å²) < 4.78 is 5.49. The van der Waals surface area contributed by atoms with Crippen molar-refractivity contribution in [1.29, 1.82) is 0 Å². The number of hydrogen-bond acceptors (Lipinski definition) is 5. The summed E-state index contributed by atoms with van der Waals surface area (Å²) in [6, 6.07) is 12.0. The molecule has 1 aliphatic rings. The summed E-state index contributed by atoms with van der Waals surface area (Å²) in [4.78, 5) is 26.2. The van der Waals surface area contributed by atoms with Crippen LogP contribution in [0.4, 0.5) is 0 Å². The normalized spacial score (nSPS) is 13.9. The summed E-state index contributed by atoms with van der Waals surface area (Å²) in [6.45, 7) is 5.21. The Labute approximate surface area is 175 Å². The highest BCUT2D eigenvalue weighted by molar-refractivity contribution is 6.02. The molecule has 0 saturated carbocycles. The van der Waals surface area contributed by atoms with E-state index < -0.39 is 5.91 Å². The van der Waals surface area contributed by atoms with E-state index >= 15 is 0 Å². The molecule has 0 bridgehead atoms. The second kappa shape index (κ2) is 8.55. The van der Waals surface area contributed by atoms with Gasteiger partial charge >= 0.3 is 0 Å². The van der Waals surface area contributed by atoms with Crippen molar-refractivity contribution in [3.05, 3.63) is 71.9 Å². The molecule has 2 N–H and O–H groups in total.